The molecule has 108 valence electrons. The number of nitrogens with zero attached hydrogens (tertiary/aromatic N) is 5. The number of benzene rings is 1. The zero-order valence-electron chi connectivity index (χ0n) is 11.4. The number of hydrogen-bond donors (Lipinski definition) is 1. The number of rotatable bonds is 2. The molecule has 4 aromatic rings. The first-order chi connectivity index (χ1) is 10.7. The smallest absolute Gasteiger partial charge is 0.181 e. The van der Waals surface area contributed by atoms with Crippen LogP contribution in [0.2, 0.25) is 0 Å². The van der Waals surface area contributed by atoms with Crippen LogP contribution < -0.4 is 5.73 Å². The Morgan fingerprint density at radius 2 is 2.05 bits per heavy atom. The van der Waals surface area contributed by atoms with Gasteiger partial charge in [-0.3, -0.25) is 0 Å². The summed E-state index contributed by atoms with van der Waals surface area (Å²) in [6, 6.07) is 8.09. The van der Waals surface area contributed by atoms with Crippen molar-refractivity contribution in [2.24, 2.45) is 0 Å². The van der Waals surface area contributed by atoms with E-state index in [1.165, 1.54) is 22.9 Å². The van der Waals surface area contributed by atoms with Gasteiger partial charge >= 0.3 is 0 Å². The van der Waals surface area contributed by atoms with Crippen LogP contribution in [-0.2, 0) is 0 Å². The predicted molar refractivity (Wildman–Crippen MR) is 80.4 cm³/mol. The quantitative estimate of drug-likeness (QED) is 0.576. The van der Waals surface area contributed by atoms with Gasteiger partial charge in [0.1, 0.15) is 11.5 Å². The second-order valence-corrected chi connectivity index (χ2v) is 4.84. The van der Waals surface area contributed by atoms with E-state index in [1.807, 2.05) is 18.3 Å². The molecule has 0 amide bonds. The van der Waals surface area contributed by atoms with Gasteiger partial charge in [0.15, 0.2) is 5.65 Å². The van der Waals surface area contributed by atoms with Crippen LogP contribution in [0, 0.1) is 5.82 Å². The van der Waals surface area contributed by atoms with Crippen molar-refractivity contribution in [3.05, 3.63) is 60.9 Å². The largest absolute Gasteiger partial charge is 0.399 e. The number of aromatic nitrogens is 5. The van der Waals surface area contributed by atoms with Crippen LogP contribution in [0.1, 0.15) is 0 Å². The summed E-state index contributed by atoms with van der Waals surface area (Å²) in [5.74, 6) is -0.394. The maximum absolute atomic E-state index is 13.9. The fourth-order valence-electron chi connectivity index (χ4n) is 2.28. The number of hydrogen-bond acceptors (Lipinski definition) is 4. The molecule has 0 atom stereocenters. The zero-order chi connectivity index (χ0) is 15.1. The Kier molecular flexibility index (Phi) is 2.65. The van der Waals surface area contributed by atoms with E-state index in [9.17, 15) is 4.39 Å². The molecule has 0 aliphatic rings. The van der Waals surface area contributed by atoms with E-state index < -0.39 is 5.82 Å². The van der Waals surface area contributed by atoms with Crippen molar-refractivity contribution in [3.63, 3.8) is 0 Å². The Labute approximate surface area is 124 Å². The van der Waals surface area contributed by atoms with E-state index in [1.54, 1.807) is 23.3 Å². The van der Waals surface area contributed by atoms with E-state index in [0.29, 0.717) is 17.0 Å². The van der Waals surface area contributed by atoms with Crippen molar-refractivity contribution < 1.29 is 4.39 Å². The van der Waals surface area contributed by atoms with Crippen molar-refractivity contribution in [1.82, 2.24) is 24.5 Å². The summed E-state index contributed by atoms with van der Waals surface area (Å²) in [5, 5.41) is 9.23. The molecule has 3 heterocycles. The van der Waals surface area contributed by atoms with Gasteiger partial charge in [0.2, 0.25) is 0 Å². The van der Waals surface area contributed by atoms with Gasteiger partial charge in [0.25, 0.3) is 0 Å². The van der Waals surface area contributed by atoms with Gasteiger partial charge in [-0.15, -0.1) is 5.10 Å². The molecule has 4 rings (SSSR count). The summed E-state index contributed by atoms with van der Waals surface area (Å²) in [5.41, 5.74) is 7.81. The molecular formula is C15H11FN6. The SMILES string of the molecule is Nc1ccc(F)c(-n2cc3cc(-n4cccn4)cnc3n2)c1. The first kappa shape index (κ1) is 12.5. The number of pyridine rings is 1. The number of nitrogens with two attached hydrogens (primary N) is 1. The standard InChI is InChI=1S/C15H11FN6/c16-13-3-2-11(17)7-14(13)22-9-10-6-12(8-18-15(10)20-22)21-5-1-4-19-21/h1-9H,17H2. The van der Waals surface area contributed by atoms with Crippen LogP contribution in [0.4, 0.5) is 10.1 Å². The summed E-state index contributed by atoms with van der Waals surface area (Å²) >= 11 is 0. The average Bonchev–Trinajstić information content (AvgIpc) is 3.17. The Morgan fingerprint density at radius 1 is 1.14 bits per heavy atom. The lowest BCUT2D eigenvalue weighted by Crippen LogP contribution is -1.99. The van der Waals surface area contributed by atoms with Gasteiger partial charge < -0.3 is 5.73 Å². The summed E-state index contributed by atoms with van der Waals surface area (Å²) in [6.45, 7) is 0. The molecule has 0 unspecified atom stereocenters. The normalized spacial score (nSPS) is 11.1. The molecule has 1 aromatic carbocycles. The fourth-order valence-corrected chi connectivity index (χ4v) is 2.28. The Balaban J connectivity index is 1.85. The number of halogens is 1. The molecule has 7 heteroatoms. The average molecular weight is 294 g/mol. The molecule has 0 aliphatic heterocycles. The molecule has 0 bridgehead atoms. The lowest BCUT2D eigenvalue weighted by Gasteiger charge is -2.03. The van der Waals surface area contributed by atoms with E-state index in [-0.39, 0.29) is 0 Å². The van der Waals surface area contributed by atoms with E-state index >= 15 is 0 Å². The lowest BCUT2D eigenvalue weighted by atomic mass is 10.2. The molecule has 22 heavy (non-hydrogen) atoms. The van der Waals surface area contributed by atoms with Gasteiger partial charge in [-0.1, -0.05) is 0 Å². The highest BCUT2D eigenvalue weighted by atomic mass is 19.1. The van der Waals surface area contributed by atoms with Gasteiger partial charge in [0.05, 0.1) is 11.9 Å². The molecule has 0 radical (unpaired) electrons. The molecule has 0 fully saturated rings. The third-order valence-corrected chi connectivity index (χ3v) is 3.33. The number of fused-ring (bicyclic) bond motifs is 1. The maximum Gasteiger partial charge on any atom is 0.181 e. The first-order valence-electron chi connectivity index (χ1n) is 6.61. The summed E-state index contributed by atoms with van der Waals surface area (Å²) in [4.78, 5) is 4.29. The molecule has 2 N–H and O–H groups in total. The van der Waals surface area contributed by atoms with Crippen molar-refractivity contribution in [2.45, 2.75) is 0 Å². The topological polar surface area (TPSA) is 74.5 Å². The van der Waals surface area contributed by atoms with Gasteiger partial charge in [-0.05, 0) is 30.3 Å². The number of nitrogen functional groups attached to an aromatic ring is 1. The molecule has 0 saturated heterocycles. The lowest BCUT2D eigenvalue weighted by molar-refractivity contribution is 0.612. The van der Waals surface area contributed by atoms with Crippen LogP contribution in [0.3, 0.4) is 0 Å². The fraction of sp³-hybridized carbons (Fsp3) is 0. The summed E-state index contributed by atoms with van der Waals surface area (Å²) < 4.78 is 17.1. The highest BCUT2D eigenvalue weighted by Gasteiger charge is 2.10. The van der Waals surface area contributed by atoms with Crippen LogP contribution in [0.15, 0.2) is 55.1 Å². The second kappa shape index (κ2) is 4.66. The zero-order valence-corrected chi connectivity index (χ0v) is 11.4. The summed E-state index contributed by atoms with van der Waals surface area (Å²) in [6.07, 6.45) is 6.90. The highest BCUT2D eigenvalue weighted by molar-refractivity contribution is 5.76. The molecule has 0 aliphatic carbocycles. The summed E-state index contributed by atoms with van der Waals surface area (Å²) in [7, 11) is 0. The van der Waals surface area contributed by atoms with Crippen LogP contribution in [-0.4, -0.2) is 24.5 Å². The van der Waals surface area contributed by atoms with E-state index in [4.69, 9.17) is 5.73 Å². The molecule has 6 nitrogen and oxygen atoms in total. The third kappa shape index (κ3) is 1.99. The Bertz CT molecular complexity index is 958. The van der Waals surface area contributed by atoms with Gasteiger partial charge in [-0.25, -0.2) is 18.7 Å². The predicted octanol–water partition coefficient (Wildman–Crippen LogP) is 2.33. The molecule has 0 spiro atoms. The van der Waals surface area contributed by atoms with Crippen molar-refractivity contribution >= 4 is 16.7 Å². The minimum Gasteiger partial charge on any atom is -0.399 e. The van der Waals surface area contributed by atoms with Gasteiger partial charge in [-0.2, -0.15) is 5.10 Å². The minimum atomic E-state index is -0.394. The van der Waals surface area contributed by atoms with Crippen molar-refractivity contribution in [1.29, 1.82) is 0 Å². The Morgan fingerprint density at radius 3 is 2.86 bits per heavy atom. The van der Waals surface area contributed by atoms with Crippen LogP contribution in [0.5, 0.6) is 0 Å². The van der Waals surface area contributed by atoms with Crippen molar-refractivity contribution in [3.8, 4) is 11.4 Å². The second-order valence-electron chi connectivity index (χ2n) is 4.84. The van der Waals surface area contributed by atoms with Crippen LogP contribution >= 0.6 is 0 Å². The molecular weight excluding hydrogens is 283 g/mol. The molecule has 0 saturated carbocycles. The monoisotopic (exact) mass is 294 g/mol. The third-order valence-electron chi connectivity index (χ3n) is 3.33. The minimum absolute atomic E-state index is 0.290. The maximum atomic E-state index is 13.9. The first-order valence-corrected chi connectivity index (χ1v) is 6.61. The highest BCUT2D eigenvalue weighted by Crippen LogP contribution is 2.20. The van der Waals surface area contributed by atoms with E-state index in [2.05, 4.69) is 15.2 Å². The Hall–Kier alpha value is -3.22. The molecule has 3 aromatic heterocycles. The number of anilines is 1. The van der Waals surface area contributed by atoms with Gasteiger partial charge in [0, 0.05) is 29.7 Å². The van der Waals surface area contributed by atoms with Crippen LogP contribution in [0.25, 0.3) is 22.4 Å². The van der Waals surface area contributed by atoms with Crippen molar-refractivity contribution in [2.75, 3.05) is 5.73 Å². The van der Waals surface area contributed by atoms with E-state index in [0.717, 1.165) is 11.1 Å².